The molecule has 2 saturated heterocycles. The minimum atomic E-state index is -0.381. The molecule has 6 heteroatoms. The second-order valence-corrected chi connectivity index (χ2v) is 9.24. The first-order valence-electron chi connectivity index (χ1n) is 11.0. The summed E-state index contributed by atoms with van der Waals surface area (Å²) in [6.45, 7) is 11.0. The van der Waals surface area contributed by atoms with Gasteiger partial charge in [-0.05, 0) is 32.8 Å². The predicted molar refractivity (Wildman–Crippen MR) is 117 cm³/mol. The van der Waals surface area contributed by atoms with E-state index in [2.05, 4.69) is 60.7 Å². The van der Waals surface area contributed by atoms with Gasteiger partial charge in [-0.1, -0.05) is 29.8 Å². The molecule has 0 radical (unpaired) electrons. The van der Waals surface area contributed by atoms with Gasteiger partial charge in [-0.3, -0.25) is 9.69 Å². The fourth-order valence-corrected chi connectivity index (χ4v) is 5.13. The van der Waals surface area contributed by atoms with Gasteiger partial charge in [0, 0.05) is 58.0 Å². The van der Waals surface area contributed by atoms with Gasteiger partial charge in [-0.15, -0.1) is 0 Å². The van der Waals surface area contributed by atoms with Crippen LogP contribution in [0.4, 0.5) is 0 Å². The molecule has 30 heavy (non-hydrogen) atoms. The van der Waals surface area contributed by atoms with Crippen molar-refractivity contribution in [2.75, 3.05) is 39.9 Å². The number of likely N-dealkylation sites (tertiary alicyclic amines) is 2. The van der Waals surface area contributed by atoms with Gasteiger partial charge in [0.25, 0.3) is 0 Å². The summed E-state index contributed by atoms with van der Waals surface area (Å²) in [6.07, 6.45) is 4.95. The topological polar surface area (TPSA) is 50.6 Å². The fraction of sp³-hybridized carbons (Fsp3) is 0.583. The minimum absolute atomic E-state index is 0.127. The van der Waals surface area contributed by atoms with Gasteiger partial charge in [0.2, 0.25) is 5.91 Å². The summed E-state index contributed by atoms with van der Waals surface area (Å²) in [5.41, 5.74) is 3.25. The molecule has 0 aliphatic carbocycles. The number of methoxy groups -OCH3 is 1. The van der Waals surface area contributed by atoms with Gasteiger partial charge < -0.3 is 14.2 Å². The quantitative estimate of drug-likeness (QED) is 0.703. The second-order valence-electron chi connectivity index (χ2n) is 9.24. The molecular formula is C24H34N4O2. The average molecular weight is 411 g/mol. The third-order valence-corrected chi connectivity index (χ3v) is 6.78. The van der Waals surface area contributed by atoms with Gasteiger partial charge in [0.1, 0.15) is 0 Å². The number of carbonyl (C=O) groups is 1. The molecule has 1 spiro atoms. The Morgan fingerprint density at radius 1 is 1.33 bits per heavy atom. The maximum atomic E-state index is 13.6. The number of nitrogens with zero attached hydrogens (tertiary/aromatic N) is 4. The molecular weight excluding hydrogens is 376 g/mol. The lowest BCUT2D eigenvalue weighted by molar-refractivity contribution is -0.136. The number of ether oxygens (including phenoxy) is 1. The Morgan fingerprint density at radius 3 is 2.87 bits per heavy atom. The van der Waals surface area contributed by atoms with E-state index in [0.29, 0.717) is 19.2 Å². The Hall–Kier alpha value is -2.18. The minimum Gasteiger partial charge on any atom is -0.383 e. The summed E-state index contributed by atoms with van der Waals surface area (Å²) in [7, 11) is 1.69. The van der Waals surface area contributed by atoms with Crippen molar-refractivity contribution in [2.24, 2.45) is 5.41 Å². The molecule has 0 unspecified atom stereocenters. The number of aryl methyl sites for hydroxylation is 1. The van der Waals surface area contributed by atoms with Crippen LogP contribution in [-0.4, -0.2) is 65.2 Å². The molecule has 1 amide bonds. The van der Waals surface area contributed by atoms with Crippen molar-refractivity contribution in [3.63, 3.8) is 0 Å². The summed E-state index contributed by atoms with van der Waals surface area (Å²) in [4.78, 5) is 22.8. The molecule has 0 N–H and O–H groups in total. The standard InChI is InChI=1S/C24H34N4O2/c1-18(2)28-15-22(25-17-28)21-14-26(13-20-7-5-6-19(3)12-20)16-24(21)8-9-27(23(24)29)10-11-30-4/h5-7,12,15,17-18,21H,8-11,13-14,16H2,1-4H3/t21-,24-/m1/s1. The van der Waals surface area contributed by atoms with Gasteiger partial charge in [-0.2, -0.15) is 0 Å². The van der Waals surface area contributed by atoms with E-state index in [4.69, 9.17) is 9.72 Å². The van der Waals surface area contributed by atoms with Crippen molar-refractivity contribution in [1.29, 1.82) is 0 Å². The van der Waals surface area contributed by atoms with Crippen LogP contribution < -0.4 is 0 Å². The van der Waals surface area contributed by atoms with Crippen LogP contribution in [0.3, 0.4) is 0 Å². The maximum absolute atomic E-state index is 13.6. The van der Waals surface area contributed by atoms with Crippen LogP contribution in [0, 0.1) is 12.3 Å². The third-order valence-electron chi connectivity index (χ3n) is 6.78. The van der Waals surface area contributed by atoms with Gasteiger partial charge in [0.05, 0.1) is 24.0 Å². The molecule has 3 heterocycles. The number of hydrogen-bond acceptors (Lipinski definition) is 4. The van der Waals surface area contributed by atoms with E-state index in [1.165, 1.54) is 11.1 Å². The van der Waals surface area contributed by atoms with Gasteiger partial charge >= 0.3 is 0 Å². The predicted octanol–water partition coefficient (Wildman–Crippen LogP) is 3.24. The van der Waals surface area contributed by atoms with E-state index in [-0.39, 0.29) is 17.2 Å². The highest BCUT2D eigenvalue weighted by atomic mass is 16.5. The Morgan fingerprint density at radius 2 is 2.17 bits per heavy atom. The lowest BCUT2D eigenvalue weighted by Crippen LogP contribution is -2.40. The number of rotatable bonds is 7. The fourth-order valence-electron chi connectivity index (χ4n) is 5.13. The summed E-state index contributed by atoms with van der Waals surface area (Å²) < 4.78 is 7.38. The molecule has 2 aliphatic heterocycles. The molecule has 2 fully saturated rings. The molecule has 1 aromatic heterocycles. The van der Waals surface area contributed by atoms with Crippen molar-refractivity contribution in [1.82, 2.24) is 19.4 Å². The van der Waals surface area contributed by atoms with Crippen molar-refractivity contribution in [2.45, 2.75) is 45.7 Å². The molecule has 162 valence electrons. The van der Waals surface area contributed by atoms with Crippen molar-refractivity contribution in [3.05, 3.63) is 53.6 Å². The first-order chi connectivity index (χ1) is 14.4. The van der Waals surface area contributed by atoms with E-state index < -0.39 is 0 Å². The van der Waals surface area contributed by atoms with Crippen LogP contribution in [0.15, 0.2) is 36.8 Å². The lowest BCUT2D eigenvalue weighted by Gasteiger charge is -2.28. The Labute approximate surface area is 179 Å². The average Bonchev–Trinajstić information content (AvgIpc) is 3.40. The first kappa shape index (κ1) is 21.1. The molecule has 2 atom stereocenters. The Kier molecular flexibility index (Phi) is 5.98. The summed E-state index contributed by atoms with van der Waals surface area (Å²) in [5.74, 6) is 0.401. The number of amides is 1. The third kappa shape index (κ3) is 3.91. The van der Waals surface area contributed by atoms with Crippen molar-refractivity contribution < 1.29 is 9.53 Å². The van der Waals surface area contributed by atoms with Crippen LogP contribution >= 0.6 is 0 Å². The first-order valence-corrected chi connectivity index (χ1v) is 11.0. The highest BCUT2D eigenvalue weighted by molar-refractivity contribution is 5.86. The molecule has 1 aromatic carbocycles. The second kappa shape index (κ2) is 8.52. The molecule has 2 aromatic rings. The Bertz CT molecular complexity index is 893. The van der Waals surface area contributed by atoms with Crippen LogP contribution in [0.2, 0.25) is 0 Å². The molecule has 0 bridgehead atoms. The highest BCUT2D eigenvalue weighted by Gasteiger charge is 2.57. The lowest BCUT2D eigenvalue weighted by atomic mass is 9.75. The molecule has 2 aliphatic rings. The molecule has 6 nitrogen and oxygen atoms in total. The number of aromatic nitrogens is 2. The molecule has 0 saturated carbocycles. The van der Waals surface area contributed by atoms with Gasteiger partial charge in [0.15, 0.2) is 0 Å². The van der Waals surface area contributed by atoms with Gasteiger partial charge in [-0.25, -0.2) is 4.98 Å². The monoisotopic (exact) mass is 410 g/mol. The SMILES string of the molecule is COCCN1CC[C@]2(CN(Cc3cccc(C)c3)C[C@@H]2c2cn(C(C)C)cn2)C1=O. The normalized spacial score (nSPS) is 24.6. The van der Waals surface area contributed by atoms with E-state index >= 15 is 0 Å². The largest absolute Gasteiger partial charge is 0.383 e. The van der Waals surface area contributed by atoms with E-state index in [0.717, 1.165) is 38.3 Å². The maximum Gasteiger partial charge on any atom is 0.230 e. The van der Waals surface area contributed by atoms with Crippen LogP contribution in [0.5, 0.6) is 0 Å². The smallest absolute Gasteiger partial charge is 0.230 e. The van der Waals surface area contributed by atoms with E-state index in [9.17, 15) is 4.79 Å². The summed E-state index contributed by atoms with van der Waals surface area (Å²) in [6, 6.07) is 9.04. The van der Waals surface area contributed by atoms with Crippen molar-refractivity contribution >= 4 is 5.91 Å². The zero-order chi connectivity index (χ0) is 21.3. The van der Waals surface area contributed by atoms with Crippen molar-refractivity contribution in [3.8, 4) is 0 Å². The van der Waals surface area contributed by atoms with Crippen LogP contribution in [0.25, 0.3) is 0 Å². The number of hydrogen-bond donors (Lipinski definition) is 0. The van der Waals surface area contributed by atoms with E-state index in [1.807, 2.05) is 11.2 Å². The Balaban J connectivity index is 1.61. The summed E-state index contributed by atoms with van der Waals surface area (Å²) in [5, 5.41) is 0. The van der Waals surface area contributed by atoms with E-state index in [1.54, 1.807) is 7.11 Å². The van der Waals surface area contributed by atoms with Crippen LogP contribution in [0.1, 0.15) is 49.0 Å². The summed E-state index contributed by atoms with van der Waals surface area (Å²) >= 11 is 0. The van der Waals surface area contributed by atoms with Crippen LogP contribution in [-0.2, 0) is 16.1 Å². The zero-order valence-electron chi connectivity index (χ0n) is 18.7. The number of benzene rings is 1. The highest BCUT2D eigenvalue weighted by Crippen LogP contribution is 2.49. The molecule has 4 rings (SSSR count). The number of carbonyl (C=O) groups excluding carboxylic acids is 1. The zero-order valence-corrected chi connectivity index (χ0v) is 18.7. The number of imidazole rings is 1.